The molecule has 2 aliphatic heterocycles. The Balaban J connectivity index is 2.40. The molecule has 0 aromatic rings. The molecule has 0 fully saturated rings. The van der Waals surface area contributed by atoms with Gasteiger partial charge in [0.05, 0.1) is 5.70 Å². The number of rotatable bonds is 2. The van der Waals surface area contributed by atoms with Gasteiger partial charge in [0.1, 0.15) is 0 Å². The highest BCUT2D eigenvalue weighted by molar-refractivity contribution is 5.40. The Morgan fingerprint density at radius 1 is 1.33 bits per heavy atom. The van der Waals surface area contributed by atoms with Gasteiger partial charge in [0, 0.05) is 51.4 Å². The van der Waals surface area contributed by atoms with Crippen LogP contribution in [0, 0.1) is 0 Å². The lowest BCUT2D eigenvalue weighted by atomic mass is 10.1. The molecule has 0 bridgehead atoms. The molecule has 0 unspecified atom stereocenters. The van der Waals surface area contributed by atoms with Gasteiger partial charge in [0.25, 0.3) is 0 Å². The van der Waals surface area contributed by atoms with Crippen LogP contribution in [-0.4, -0.2) is 30.9 Å². The average Bonchev–Trinajstić information content (AvgIpc) is 2.27. The summed E-state index contributed by atoms with van der Waals surface area (Å²) in [5.74, 6) is 0. The molecule has 0 amide bonds. The molecule has 0 radical (unpaired) electrons. The van der Waals surface area contributed by atoms with Crippen molar-refractivity contribution in [3.8, 4) is 0 Å². The lowest BCUT2D eigenvalue weighted by Gasteiger charge is -2.31. The van der Waals surface area contributed by atoms with E-state index in [-0.39, 0.29) is 0 Å². The summed E-state index contributed by atoms with van der Waals surface area (Å²) in [5.41, 5.74) is 3.75. The summed E-state index contributed by atoms with van der Waals surface area (Å²) >= 11 is 0. The van der Waals surface area contributed by atoms with Crippen molar-refractivity contribution in [2.24, 2.45) is 0 Å². The molecule has 0 atom stereocenters. The van der Waals surface area contributed by atoms with Crippen LogP contribution in [0.15, 0.2) is 47.7 Å². The van der Waals surface area contributed by atoms with Crippen molar-refractivity contribution in [3.05, 3.63) is 47.7 Å². The van der Waals surface area contributed by atoms with E-state index in [9.17, 15) is 0 Å². The number of hydrogen-bond donors (Lipinski definition) is 1. The molecule has 15 heavy (non-hydrogen) atoms. The predicted molar refractivity (Wildman–Crippen MR) is 62.6 cm³/mol. The fourth-order valence-electron chi connectivity index (χ4n) is 1.82. The lowest BCUT2D eigenvalue weighted by molar-refractivity contribution is 0.459. The van der Waals surface area contributed by atoms with Gasteiger partial charge in [0.15, 0.2) is 0 Å². The summed E-state index contributed by atoms with van der Waals surface area (Å²) in [6.45, 7) is 0. The van der Waals surface area contributed by atoms with E-state index in [0.29, 0.717) is 0 Å². The van der Waals surface area contributed by atoms with Crippen molar-refractivity contribution < 1.29 is 0 Å². The third kappa shape index (κ3) is 1.77. The van der Waals surface area contributed by atoms with Gasteiger partial charge in [0.2, 0.25) is 0 Å². The van der Waals surface area contributed by atoms with E-state index in [1.807, 2.05) is 7.05 Å². The molecule has 0 aromatic heterocycles. The monoisotopic (exact) mass is 203 g/mol. The number of fused-ring (bicyclic) bond motifs is 1. The molecular formula is C12H17N3. The summed E-state index contributed by atoms with van der Waals surface area (Å²) in [6, 6.07) is 0. The van der Waals surface area contributed by atoms with Crippen molar-refractivity contribution in [2.45, 2.75) is 6.42 Å². The fraction of sp³-hybridized carbons (Fsp3) is 0.333. The second-order valence-corrected chi connectivity index (χ2v) is 3.89. The number of likely N-dealkylation sites (N-methyl/N-ethyl adjacent to an activating group) is 1. The zero-order chi connectivity index (χ0) is 10.8. The largest absolute Gasteiger partial charge is 0.388 e. The fourth-order valence-corrected chi connectivity index (χ4v) is 1.82. The summed E-state index contributed by atoms with van der Waals surface area (Å²) in [4.78, 5) is 4.33. The summed E-state index contributed by atoms with van der Waals surface area (Å²) < 4.78 is 0. The molecule has 0 spiro atoms. The molecule has 1 N–H and O–H groups in total. The minimum Gasteiger partial charge on any atom is -0.388 e. The molecular weight excluding hydrogens is 186 g/mol. The van der Waals surface area contributed by atoms with Crippen LogP contribution < -0.4 is 5.32 Å². The Kier molecular flexibility index (Phi) is 2.54. The van der Waals surface area contributed by atoms with E-state index in [2.05, 4.69) is 59.8 Å². The number of nitrogens with zero attached hydrogens (tertiary/aromatic N) is 2. The van der Waals surface area contributed by atoms with E-state index in [4.69, 9.17) is 0 Å². The van der Waals surface area contributed by atoms with Crippen LogP contribution in [0.3, 0.4) is 0 Å². The van der Waals surface area contributed by atoms with E-state index in [0.717, 1.165) is 12.1 Å². The molecule has 0 aromatic carbocycles. The van der Waals surface area contributed by atoms with E-state index in [1.165, 1.54) is 11.4 Å². The molecule has 2 aliphatic rings. The van der Waals surface area contributed by atoms with Crippen LogP contribution in [0.4, 0.5) is 0 Å². The van der Waals surface area contributed by atoms with Gasteiger partial charge in [-0.2, -0.15) is 0 Å². The summed E-state index contributed by atoms with van der Waals surface area (Å²) in [7, 11) is 6.12. The molecule has 3 heteroatoms. The van der Waals surface area contributed by atoms with Gasteiger partial charge in [-0.05, 0) is 12.2 Å². The van der Waals surface area contributed by atoms with Gasteiger partial charge in [-0.15, -0.1) is 0 Å². The van der Waals surface area contributed by atoms with E-state index < -0.39 is 0 Å². The molecule has 0 saturated carbocycles. The first kappa shape index (κ1) is 9.90. The quantitative estimate of drug-likeness (QED) is 0.735. The molecule has 80 valence electrons. The van der Waals surface area contributed by atoms with Gasteiger partial charge in [-0.1, -0.05) is 6.08 Å². The van der Waals surface area contributed by atoms with Crippen LogP contribution >= 0.6 is 0 Å². The predicted octanol–water partition coefficient (Wildman–Crippen LogP) is 1.61. The first-order valence-electron chi connectivity index (χ1n) is 5.15. The van der Waals surface area contributed by atoms with E-state index >= 15 is 0 Å². The van der Waals surface area contributed by atoms with E-state index in [1.54, 1.807) is 0 Å². The number of hydrogen-bond acceptors (Lipinski definition) is 3. The zero-order valence-electron chi connectivity index (χ0n) is 9.49. The highest BCUT2D eigenvalue weighted by Gasteiger charge is 2.17. The Bertz CT molecular complexity index is 372. The number of nitrogens with one attached hydrogen (secondary N) is 1. The van der Waals surface area contributed by atoms with Crippen LogP contribution in [0.5, 0.6) is 0 Å². The first-order chi connectivity index (χ1) is 7.22. The average molecular weight is 203 g/mol. The standard InChI is InChI=1S/C12H17N3/c1-13-10-6-8-15-7-4-5-11(14(2)3)12(15)9-10/h4,6-9,13H,5H2,1-3H3. The van der Waals surface area contributed by atoms with Crippen LogP contribution in [0.2, 0.25) is 0 Å². The lowest BCUT2D eigenvalue weighted by Crippen LogP contribution is -2.24. The third-order valence-corrected chi connectivity index (χ3v) is 2.69. The van der Waals surface area contributed by atoms with Crippen LogP contribution in [-0.2, 0) is 0 Å². The Labute approximate surface area is 91.1 Å². The summed E-state index contributed by atoms with van der Waals surface area (Å²) in [6.07, 6.45) is 11.6. The van der Waals surface area contributed by atoms with Gasteiger partial charge in [-0.3, -0.25) is 0 Å². The maximum atomic E-state index is 3.17. The molecule has 2 heterocycles. The SMILES string of the molecule is CNC1=CC2=C(N(C)C)CC=CN2C=C1. The highest BCUT2D eigenvalue weighted by atomic mass is 15.2. The van der Waals surface area contributed by atoms with Crippen molar-refractivity contribution in [1.29, 1.82) is 0 Å². The maximum Gasteiger partial charge on any atom is 0.0665 e. The van der Waals surface area contributed by atoms with Crippen molar-refractivity contribution in [1.82, 2.24) is 15.1 Å². The Morgan fingerprint density at radius 2 is 2.13 bits per heavy atom. The van der Waals surface area contributed by atoms with Crippen molar-refractivity contribution in [2.75, 3.05) is 21.1 Å². The van der Waals surface area contributed by atoms with Crippen LogP contribution in [0.1, 0.15) is 6.42 Å². The second kappa shape index (κ2) is 3.85. The zero-order valence-corrected chi connectivity index (χ0v) is 9.49. The van der Waals surface area contributed by atoms with Gasteiger partial charge in [-0.25, -0.2) is 0 Å². The topological polar surface area (TPSA) is 18.5 Å². The number of allylic oxidation sites excluding steroid dienone is 3. The second-order valence-electron chi connectivity index (χ2n) is 3.89. The van der Waals surface area contributed by atoms with Crippen LogP contribution in [0.25, 0.3) is 0 Å². The van der Waals surface area contributed by atoms with Crippen molar-refractivity contribution in [3.63, 3.8) is 0 Å². The smallest absolute Gasteiger partial charge is 0.0665 e. The molecule has 2 rings (SSSR count). The Hall–Kier alpha value is -1.64. The maximum absolute atomic E-state index is 3.17. The van der Waals surface area contributed by atoms with Crippen molar-refractivity contribution >= 4 is 0 Å². The highest BCUT2D eigenvalue weighted by Crippen LogP contribution is 2.26. The molecule has 3 nitrogen and oxygen atoms in total. The van der Waals surface area contributed by atoms with Gasteiger partial charge >= 0.3 is 0 Å². The molecule has 0 saturated heterocycles. The summed E-state index contributed by atoms with van der Waals surface area (Å²) in [5, 5.41) is 3.17. The molecule has 0 aliphatic carbocycles. The Morgan fingerprint density at radius 3 is 2.80 bits per heavy atom. The first-order valence-corrected chi connectivity index (χ1v) is 5.15. The van der Waals surface area contributed by atoms with Gasteiger partial charge < -0.3 is 15.1 Å². The minimum atomic E-state index is 1.00. The minimum absolute atomic E-state index is 1.00. The normalized spacial score (nSPS) is 18.9. The third-order valence-electron chi connectivity index (χ3n) is 2.69.